The normalized spacial score (nSPS) is 18.2. The third kappa shape index (κ3) is 4.26. The number of aliphatic hydroxyl groups is 1. The van der Waals surface area contributed by atoms with Gasteiger partial charge in [-0.1, -0.05) is 11.6 Å². The summed E-state index contributed by atoms with van der Waals surface area (Å²) in [7, 11) is 6.59. The van der Waals surface area contributed by atoms with Gasteiger partial charge in [-0.05, 0) is 39.2 Å². The summed E-state index contributed by atoms with van der Waals surface area (Å²) in [5.74, 6) is -0.366. The molecule has 8 nitrogen and oxygen atoms in total. The summed E-state index contributed by atoms with van der Waals surface area (Å²) in [6, 6.07) is 5.51. The number of carbonyl (C=O) groups is 2. The molecule has 9 heteroatoms. The van der Waals surface area contributed by atoms with Gasteiger partial charge in [0, 0.05) is 19.2 Å². The molecule has 1 saturated heterocycles. The molecule has 0 saturated carbocycles. The highest BCUT2D eigenvalue weighted by atomic mass is 35.5. The molecule has 1 aliphatic rings. The first kappa shape index (κ1) is 22.7. The lowest BCUT2D eigenvalue weighted by Gasteiger charge is -2.25. The summed E-state index contributed by atoms with van der Waals surface area (Å²) in [6.07, 6.45) is 0. The minimum Gasteiger partial charge on any atom is -0.507 e. The number of rotatable bonds is 7. The molecule has 166 valence electrons. The van der Waals surface area contributed by atoms with Gasteiger partial charge in [-0.25, -0.2) is 0 Å². The zero-order chi connectivity index (χ0) is 22.9. The number of amides is 1. The largest absolute Gasteiger partial charge is 0.507 e. The zero-order valence-corrected chi connectivity index (χ0v) is 18.8. The van der Waals surface area contributed by atoms with E-state index in [-0.39, 0.29) is 34.2 Å². The second kappa shape index (κ2) is 9.03. The van der Waals surface area contributed by atoms with E-state index in [9.17, 15) is 14.7 Å². The van der Waals surface area contributed by atoms with E-state index in [0.717, 1.165) is 0 Å². The van der Waals surface area contributed by atoms with Crippen LogP contribution in [0.1, 0.15) is 23.1 Å². The summed E-state index contributed by atoms with van der Waals surface area (Å²) in [4.78, 5) is 29.2. The summed E-state index contributed by atoms with van der Waals surface area (Å²) in [6.45, 7) is 2.57. The van der Waals surface area contributed by atoms with E-state index < -0.39 is 23.5 Å². The molecular weight excluding hydrogens is 424 g/mol. The summed E-state index contributed by atoms with van der Waals surface area (Å²) in [5, 5.41) is 11.5. The molecule has 1 amide bonds. The first-order valence-electron chi connectivity index (χ1n) is 9.61. The van der Waals surface area contributed by atoms with E-state index in [1.54, 1.807) is 19.1 Å². The number of likely N-dealkylation sites (N-methyl/N-ethyl adjacent to an activating group) is 1. The molecule has 1 aromatic carbocycles. The molecule has 0 radical (unpaired) electrons. The Labute approximate surface area is 185 Å². The smallest absolute Gasteiger partial charge is 0.295 e. The second-order valence-corrected chi connectivity index (χ2v) is 7.84. The van der Waals surface area contributed by atoms with Gasteiger partial charge < -0.3 is 28.8 Å². The number of furan rings is 1. The van der Waals surface area contributed by atoms with Gasteiger partial charge in [0.05, 0.1) is 30.4 Å². The van der Waals surface area contributed by atoms with Gasteiger partial charge in [0.25, 0.3) is 11.7 Å². The molecule has 1 N–H and O–H groups in total. The van der Waals surface area contributed by atoms with Crippen LogP contribution in [0.5, 0.6) is 11.5 Å². The number of hydrogen-bond acceptors (Lipinski definition) is 7. The van der Waals surface area contributed by atoms with Crippen LogP contribution < -0.4 is 9.47 Å². The van der Waals surface area contributed by atoms with Crippen molar-refractivity contribution in [2.75, 3.05) is 41.4 Å². The number of aryl methyl sites for hydroxylation is 1. The summed E-state index contributed by atoms with van der Waals surface area (Å²) < 4.78 is 16.3. The van der Waals surface area contributed by atoms with E-state index in [0.29, 0.717) is 18.1 Å². The van der Waals surface area contributed by atoms with Crippen LogP contribution in [-0.4, -0.2) is 68.0 Å². The average molecular weight is 449 g/mol. The van der Waals surface area contributed by atoms with Gasteiger partial charge >= 0.3 is 0 Å². The Hall–Kier alpha value is -2.97. The SMILES string of the molecule is COc1cc(/C(O)=C2\C(=O)C(=O)N(CCN(C)C)C2c2ccc(C)o2)c(OC)cc1Cl. The van der Waals surface area contributed by atoms with Crippen molar-refractivity contribution in [1.82, 2.24) is 9.80 Å². The Balaban J connectivity index is 2.22. The molecule has 2 heterocycles. The maximum atomic E-state index is 13.0. The Kier molecular flexibility index (Phi) is 6.62. The van der Waals surface area contributed by atoms with Crippen molar-refractivity contribution in [1.29, 1.82) is 0 Å². The maximum absolute atomic E-state index is 13.0. The quantitative estimate of drug-likeness (QED) is 0.395. The van der Waals surface area contributed by atoms with Crippen LogP contribution >= 0.6 is 11.6 Å². The molecular formula is C22H25ClN2O6. The van der Waals surface area contributed by atoms with E-state index in [1.165, 1.54) is 31.3 Å². The molecule has 31 heavy (non-hydrogen) atoms. The van der Waals surface area contributed by atoms with E-state index in [2.05, 4.69) is 0 Å². The number of hydrogen-bond donors (Lipinski definition) is 1. The van der Waals surface area contributed by atoms with Crippen molar-refractivity contribution < 1.29 is 28.6 Å². The molecule has 2 aromatic rings. The van der Waals surface area contributed by atoms with E-state index in [1.807, 2.05) is 19.0 Å². The lowest BCUT2D eigenvalue weighted by atomic mass is 9.98. The fraction of sp³-hybridized carbons (Fsp3) is 0.364. The molecule has 0 bridgehead atoms. The maximum Gasteiger partial charge on any atom is 0.295 e. The van der Waals surface area contributed by atoms with Gasteiger partial charge in [0.15, 0.2) is 0 Å². The lowest BCUT2D eigenvalue weighted by molar-refractivity contribution is -0.140. The third-order valence-corrected chi connectivity index (χ3v) is 5.38. The Bertz CT molecular complexity index is 1040. The number of ketones is 1. The number of Topliss-reactive ketones (excluding diaryl/α,β-unsaturated/α-hetero) is 1. The molecule has 1 aromatic heterocycles. The predicted molar refractivity (Wildman–Crippen MR) is 116 cm³/mol. The Morgan fingerprint density at radius 3 is 2.42 bits per heavy atom. The first-order valence-corrected chi connectivity index (χ1v) is 9.98. The molecule has 3 rings (SSSR count). The molecule has 1 aliphatic heterocycles. The highest BCUT2D eigenvalue weighted by Crippen LogP contribution is 2.43. The Morgan fingerprint density at radius 1 is 1.19 bits per heavy atom. The molecule has 0 spiro atoms. The minimum atomic E-state index is -0.875. The standard InChI is InChI=1S/C22H25ClN2O6/c1-12-6-7-15(31-12)19-18(21(27)22(28)25(19)9-8-24(2)3)20(26)13-10-17(30-5)14(23)11-16(13)29-4/h6-7,10-11,19,26H,8-9H2,1-5H3/b20-18+. The second-order valence-electron chi connectivity index (χ2n) is 7.43. The average Bonchev–Trinajstić information content (AvgIpc) is 3.26. The van der Waals surface area contributed by atoms with Crippen LogP contribution in [0.3, 0.4) is 0 Å². The lowest BCUT2D eigenvalue weighted by Crippen LogP contribution is -2.35. The van der Waals surface area contributed by atoms with Gasteiger partial charge in [0.2, 0.25) is 0 Å². The van der Waals surface area contributed by atoms with Crippen molar-refractivity contribution in [3.05, 3.63) is 51.9 Å². The van der Waals surface area contributed by atoms with Crippen molar-refractivity contribution in [2.24, 2.45) is 0 Å². The van der Waals surface area contributed by atoms with Gasteiger partial charge in [-0.2, -0.15) is 0 Å². The zero-order valence-electron chi connectivity index (χ0n) is 18.1. The number of methoxy groups -OCH3 is 2. The van der Waals surface area contributed by atoms with Crippen LogP contribution in [0.15, 0.2) is 34.3 Å². The fourth-order valence-corrected chi connectivity index (χ4v) is 3.74. The topological polar surface area (TPSA) is 92.5 Å². The minimum absolute atomic E-state index is 0.0826. The number of carbonyl (C=O) groups excluding carboxylic acids is 2. The number of nitrogens with zero attached hydrogens (tertiary/aromatic N) is 2. The van der Waals surface area contributed by atoms with Gasteiger partial charge in [-0.3, -0.25) is 9.59 Å². The number of aliphatic hydroxyl groups excluding tert-OH is 1. The molecule has 1 atom stereocenters. The number of benzene rings is 1. The number of likely N-dealkylation sites (tertiary alicyclic amines) is 1. The van der Waals surface area contributed by atoms with Crippen LogP contribution in [0, 0.1) is 6.92 Å². The highest BCUT2D eigenvalue weighted by molar-refractivity contribution is 6.46. The molecule has 1 unspecified atom stereocenters. The van der Waals surface area contributed by atoms with Crippen LogP contribution in [0.4, 0.5) is 0 Å². The highest BCUT2D eigenvalue weighted by Gasteiger charge is 2.47. The van der Waals surface area contributed by atoms with E-state index in [4.69, 9.17) is 25.5 Å². The third-order valence-electron chi connectivity index (χ3n) is 5.09. The first-order chi connectivity index (χ1) is 14.7. The number of ether oxygens (including phenoxy) is 2. The summed E-state index contributed by atoms with van der Waals surface area (Å²) >= 11 is 6.17. The van der Waals surface area contributed by atoms with Gasteiger partial charge in [-0.15, -0.1) is 0 Å². The fourth-order valence-electron chi connectivity index (χ4n) is 3.51. The summed E-state index contributed by atoms with van der Waals surface area (Å²) in [5.41, 5.74) is 0.100. The van der Waals surface area contributed by atoms with Crippen molar-refractivity contribution in [3.63, 3.8) is 0 Å². The van der Waals surface area contributed by atoms with Crippen LogP contribution in [0.2, 0.25) is 5.02 Å². The molecule has 0 aliphatic carbocycles. The Morgan fingerprint density at radius 2 is 1.87 bits per heavy atom. The van der Waals surface area contributed by atoms with Gasteiger partial charge in [0.1, 0.15) is 34.8 Å². The van der Waals surface area contributed by atoms with Crippen LogP contribution in [-0.2, 0) is 9.59 Å². The number of halogens is 1. The molecule has 1 fully saturated rings. The van der Waals surface area contributed by atoms with Crippen LogP contribution in [0.25, 0.3) is 5.76 Å². The van der Waals surface area contributed by atoms with E-state index >= 15 is 0 Å². The predicted octanol–water partition coefficient (Wildman–Crippen LogP) is 3.24. The van der Waals surface area contributed by atoms with Crippen molar-refractivity contribution in [3.8, 4) is 11.5 Å². The van der Waals surface area contributed by atoms with Crippen molar-refractivity contribution in [2.45, 2.75) is 13.0 Å². The van der Waals surface area contributed by atoms with Crippen molar-refractivity contribution >= 4 is 29.1 Å². The monoisotopic (exact) mass is 448 g/mol.